The van der Waals surface area contributed by atoms with E-state index in [1.54, 1.807) is 6.92 Å². The minimum atomic E-state index is -4.57. The van der Waals surface area contributed by atoms with E-state index in [-0.39, 0.29) is 57.3 Å². The predicted octanol–water partition coefficient (Wildman–Crippen LogP) is 0.418. The molecule has 0 saturated heterocycles. The summed E-state index contributed by atoms with van der Waals surface area (Å²) in [6.07, 6.45) is 2.86. The summed E-state index contributed by atoms with van der Waals surface area (Å²) in [4.78, 5) is 0. The van der Waals surface area contributed by atoms with Crippen LogP contribution in [-0.2, 0) is 0 Å². The van der Waals surface area contributed by atoms with Crippen LogP contribution < -0.4 is 51.4 Å². The van der Waals surface area contributed by atoms with E-state index in [1.165, 1.54) is 0 Å². The molecule has 0 heterocycles. The molecule has 1 fully saturated rings. The van der Waals surface area contributed by atoms with Gasteiger partial charge in [0.15, 0.2) is 0 Å². The zero-order chi connectivity index (χ0) is 8.48. The minimum absolute atomic E-state index is 0. The quantitative estimate of drug-likeness (QED) is 0.543. The van der Waals surface area contributed by atoms with Gasteiger partial charge in [0.2, 0.25) is 0 Å². The summed E-state index contributed by atoms with van der Waals surface area (Å²) >= 11 is 0. The van der Waals surface area contributed by atoms with Crippen LogP contribution in [0, 0.1) is 5.92 Å². The van der Waals surface area contributed by atoms with Crippen molar-refractivity contribution in [3.8, 4) is 0 Å². The molecule has 0 aromatic carbocycles. The Labute approximate surface area is 114 Å². The predicted molar refractivity (Wildman–Crippen MR) is 40.5 cm³/mol. The number of hydrogen-bond donors (Lipinski definition) is 0. The van der Waals surface area contributed by atoms with Crippen molar-refractivity contribution in [2.45, 2.75) is 38.4 Å². The molecule has 1 saturated carbocycles. The summed E-state index contributed by atoms with van der Waals surface area (Å²) in [5.74, 6) is -1.10. The first-order valence-corrected chi connectivity index (χ1v) is 4.22. The third kappa shape index (κ3) is 3.70. The van der Waals surface area contributed by atoms with E-state index in [0.717, 1.165) is 19.3 Å². The second-order valence-corrected chi connectivity index (χ2v) is 3.55. The minimum Gasteiger partial charge on any atom is -0.449 e. The Morgan fingerprint density at radius 3 is 1.92 bits per heavy atom. The molecule has 5 heteroatoms. The zero-order valence-corrected chi connectivity index (χ0v) is 10.8. The molecule has 66 valence electrons. The normalized spacial score (nSPS) is 31.0. The van der Waals surface area contributed by atoms with Crippen molar-refractivity contribution >= 4 is 6.98 Å². The van der Waals surface area contributed by atoms with E-state index < -0.39 is 12.8 Å². The van der Waals surface area contributed by atoms with Crippen molar-refractivity contribution in [1.29, 1.82) is 0 Å². The Morgan fingerprint density at radius 1 is 1.08 bits per heavy atom. The van der Waals surface area contributed by atoms with Crippen molar-refractivity contribution < 1.29 is 64.3 Å². The molecule has 2 unspecified atom stereocenters. The molecule has 1 aliphatic rings. The van der Waals surface area contributed by atoms with Crippen LogP contribution in [0.5, 0.6) is 0 Å². The summed E-state index contributed by atoms with van der Waals surface area (Å²) < 4.78 is 36.8. The monoisotopic (exact) mass is 204 g/mol. The van der Waals surface area contributed by atoms with E-state index in [9.17, 15) is 12.9 Å². The van der Waals surface area contributed by atoms with Crippen molar-refractivity contribution in [3.63, 3.8) is 0 Å². The van der Waals surface area contributed by atoms with Crippen LogP contribution in [0.3, 0.4) is 0 Å². The summed E-state index contributed by atoms with van der Waals surface area (Å²) in [5.41, 5.74) is 0. The SMILES string of the molecule is CC1CCCCC1[B-](F)(F)F.[K+]. The van der Waals surface area contributed by atoms with Gasteiger partial charge in [-0.05, 0) is 0 Å². The summed E-state index contributed by atoms with van der Waals surface area (Å²) in [6.45, 7) is -2.85. The fraction of sp³-hybridized carbons (Fsp3) is 1.00. The van der Waals surface area contributed by atoms with E-state index >= 15 is 0 Å². The fourth-order valence-electron chi connectivity index (χ4n) is 1.91. The molecular formula is C7H13BF3K. The van der Waals surface area contributed by atoms with Gasteiger partial charge in [0.25, 0.3) is 0 Å². The van der Waals surface area contributed by atoms with Crippen molar-refractivity contribution in [1.82, 2.24) is 0 Å². The zero-order valence-electron chi connectivity index (χ0n) is 7.69. The van der Waals surface area contributed by atoms with Gasteiger partial charge >= 0.3 is 58.4 Å². The first-order chi connectivity index (χ1) is 5.02. The maximum absolute atomic E-state index is 12.3. The smallest absolute Gasteiger partial charge is 0.449 e. The Kier molecular flexibility index (Phi) is 6.06. The Hall–Kier alpha value is 1.49. The standard InChI is InChI=1S/C7H13BF3.K/c1-6-4-2-3-5-7(6)8(9,10)11;/h6-7H,2-5H2,1H3;/q-1;+1. The van der Waals surface area contributed by atoms with Gasteiger partial charge in [-0.15, -0.1) is 0 Å². The van der Waals surface area contributed by atoms with Gasteiger partial charge in [-0.25, -0.2) is 0 Å². The summed E-state index contributed by atoms with van der Waals surface area (Å²) in [7, 11) is 0. The van der Waals surface area contributed by atoms with E-state index in [4.69, 9.17) is 0 Å². The molecule has 2 atom stereocenters. The molecule has 0 aromatic rings. The first-order valence-electron chi connectivity index (χ1n) is 4.22. The molecule has 1 rings (SSSR count). The molecule has 0 amide bonds. The molecule has 0 nitrogen and oxygen atoms in total. The molecule has 0 bridgehead atoms. The number of rotatable bonds is 1. The van der Waals surface area contributed by atoms with Gasteiger partial charge in [0.1, 0.15) is 0 Å². The van der Waals surface area contributed by atoms with Gasteiger partial charge < -0.3 is 12.9 Å². The summed E-state index contributed by atoms with van der Waals surface area (Å²) in [5, 5.41) is 0. The fourth-order valence-corrected chi connectivity index (χ4v) is 1.91. The maximum atomic E-state index is 12.3. The van der Waals surface area contributed by atoms with Crippen LogP contribution in [0.15, 0.2) is 0 Å². The van der Waals surface area contributed by atoms with Crippen LogP contribution in [0.25, 0.3) is 0 Å². The van der Waals surface area contributed by atoms with E-state index in [1.807, 2.05) is 0 Å². The molecule has 12 heavy (non-hydrogen) atoms. The third-order valence-electron chi connectivity index (χ3n) is 2.66. The average molecular weight is 204 g/mol. The Morgan fingerprint density at radius 2 is 1.58 bits per heavy atom. The van der Waals surface area contributed by atoms with Crippen LogP contribution in [-0.4, -0.2) is 6.98 Å². The van der Waals surface area contributed by atoms with Crippen LogP contribution >= 0.6 is 0 Å². The molecule has 0 aromatic heterocycles. The number of halogens is 3. The van der Waals surface area contributed by atoms with Gasteiger partial charge in [-0.2, -0.15) is 0 Å². The van der Waals surface area contributed by atoms with Gasteiger partial charge in [-0.3, -0.25) is 0 Å². The van der Waals surface area contributed by atoms with Crippen LogP contribution in [0.4, 0.5) is 12.9 Å². The van der Waals surface area contributed by atoms with Crippen molar-refractivity contribution in [3.05, 3.63) is 0 Å². The molecule has 0 aliphatic heterocycles. The van der Waals surface area contributed by atoms with Crippen LogP contribution in [0.2, 0.25) is 5.82 Å². The average Bonchev–Trinajstić information content (AvgIpc) is 1.86. The molecule has 1 aliphatic carbocycles. The van der Waals surface area contributed by atoms with E-state index in [2.05, 4.69) is 0 Å². The van der Waals surface area contributed by atoms with Gasteiger partial charge in [-0.1, -0.05) is 44.3 Å². The Bertz CT molecular complexity index is 137. The molecular weight excluding hydrogens is 191 g/mol. The van der Waals surface area contributed by atoms with E-state index in [0.29, 0.717) is 6.42 Å². The number of hydrogen-bond acceptors (Lipinski definition) is 0. The topological polar surface area (TPSA) is 0 Å². The summed E-state index contributed by atoms with van der Waals surface area (Å²) in [6, 6.07) is 0. The second-order valence-electron chi connectivity index (χ2n) is 3.55. The van der Waals surface area contributed by atoms with Gasteiger partial charge in [0, 0.05) is 0 Å². The van der Waals surface area contributed by atoms with Crippen molar-refractivity contribution in [2.24, 2.45) is 5.92 Å². The first kappa shape index (κ1) is 13.5. The molecule has 0 radical (unpaired) electrons. The van der Waals surface area contributed by atoms with Crippen LogP contribution in [0.1, 0.15) is 32.6 Å². The van der Waals surface area contributed by atoms with Crippen molar-refractivity contribution in [2.75, 3.05) is 0 Å². The maximum Gasteiger partial charge on any atom is 1.00 e. The second kappa shape index (κ2) is 5.39. The molecule has 0 spiro atoms. The van der Waals surface area contributed by atoms with Gasteiger partial charge in [0.05, 0.1) is 0 Å². The Balaban J connectivity index is 0.00000121. The molecule has 0 N–H and O–H groups in total. The third-order valence-corrected chi connectivity index (χ3v) is 2.66. The largest absolute Gasteiger partial charge is 1.00 e.